The average Bonchev–Trinajstić information content (AvgIpc) is 1.94. The Balaban J connectivity index is 3.17. The topological polar surface area (TPSA) is 46.2 Å². The fourth-order valence-electron chi connectivity index (χ4n) is 0.916. The van der Waals surface area contributed by atoms with E-state index in [9.17, 15) is 5.11 Å². The smallest absolute Gasteiger partial charge is 0.133 e. The van der Waals surface area contributed by atoms with Crippen LogP contribution in [-0.2, 0) is 0 Å². The maximum absolute atomic E-state index is 9.41. The van der Waals surface area contributed by atoms with Crippen LogP contribution in [0.3, 0.4) is 0 Å². The molecule has 0 aliphatic carbocycles. The molecular weight excluding hydrogens is 158 g/mol. The highest BCUT2D eigenvalue weighted by Crippen LogP contribution is 2.28. The van der Waals surface area contributed by atoms with E-state index < -0.39 is 0 Å². The van der Waals surface area contributed by atoms with E-state index in [-0.39, 0.29) is 11.8 Å². The van der Waals surface area contributed by atoms with E-state index in [1.807, 2.05) is 13.0 Å². The number of hydrogen-bond donors (Lipinski definition) is 3. The molecule has 0 saturated carbocycles. The molecule has 0 bridgehead atoms. The van der Waals surface area contributed by atoms with Crippen LogP contribution in [0, 0.1) is 0 Å². The summed E-state index contributed by atoms with van der Waals surface area (Å²) in [6, 6.07) is 5.19. The quantitative estimate of drug-likeness (QED) is 0.560. The van der Waals surface area contributed by atoms with Gasteiger partial charge in [-0.15, -0.1) is 12.6 Å². The molecule has 0 heterocycles. The van der Waals surface area contributed by atoms with Gasteiger partial charge >= 0.3 is 0 Å². The van der Waals surface area contributed by atoms with Crippen LogP contribution in [0.25, 0.3) is 0 Å². The molecule has 1 aromatic carbocycles. The Morgan fingerprint density at radius 3 is 2.64 bits per heavy atom. The highest BCUT2D eigenvalue weighted by atomic mass is 32.1. The highest BCUT2D eigenvalue weighted by Gasteiger charge is 2.06. The molecule has 0 spiro atoms. The van der Waals surface area contributed by atoms with Crippen molar-refractivity contribution >= 4 is 12.6 Å². The van der Waals surface area contributed by atoms with Gasteiger partial charge in [-0.1, -0.05) is 12.1 Å². The molecule has 3 heteroatoms. The summed E-state index contributed by atoms with van der Waals surface area (Å²) in [7, 11) is 0. The summed E-state index contributed by atoms with van der Waals surface area (Å²) in [6.45, 7) is 1.82. The first-order valence-corrected chi connectivity index (χ1v) is 3.84. The van der Waals surface area contributed by atoms with Gasteiger partial charge in [0.1, 0.15) is 5.75 Å². The Hall–Kier alpha value is -0.670. The minimum atomic E-state index is -0.151. The summed E-state index contributed by atoms with van der Waals surface area (Å²) >= 11 is 4.06. The van der Waals surface area contributed by atoms with E-state index in [1.165, 1.54) is 0 Å². The Labute approximate surface area is 71.5 Å². The van der Waals surface area contributed by atoms with E-state index in [4.69, 9.17) is 5.73 Å². The van der Waals surface area contributed by atoms with Crippen molar-refractivity contribution in [1.82, 2.24) is 0 Å². The minimum Gasteiger partial charge on any atom is -0.506 e. The van der Waals surface area contributed by atoms with Gasteiger partial charge in [0.2, 0.25) is 0 Å². The van der Waals surface area contributed by atoms with Gasteiger partial charge in [0.05, 0.1) is 0 Å². The summed E-state index contributed by atoms with van der Waals surface area (Å²) in [5.74, 6) is 0.186. The number of phenols is 1. The van der Waals surface area contributed by atoms with E-state index in [1.54, 1.807) is 12.1 Å². The van der Waals surface area contributed by atoms with Crippen LogP contribution < -0.4 is 5.73 Å². The normalized spacial score (nSPS) is 13.0. The third-order valence-corrected chi connectivity index (χ3v) is 1.90. The first-order valence-electron chi connectivity index (χ1n) is 3.39. The molecule has 2 nitrogen and oxygen atoms in total. The predicted molar refractivity (Wildman–Crippen MR) is 48.0 cm³/mol. The summed E-state index contributed by atoms with van der Waals surface area (Å²) in [4.78, 5) is 0.569. The molecule has 1 rings (SSSR count). The highest BCUT2D eigenvalue weighted by molar-refractivity contribution is 7.80. The van der Waals surface area contributed by atoms with E-state index in [2.05, 4.69) is 12.6 Å². The van der Waals surface area contributed by atoms with E-state index in [0.29, 0.717) is 4.90 Å². The van der Waals surface area contributed by atoms with Gasteiger partial charge in [0.25, 0.3) is 0 Å². The molecule has 1 aromatic rings. The molecule has 1 atom stereocenters. The van der Waals surface area contributed by atoms with E-state index in [0.717, 1.165) is 5.56 Å². The molecule has 11 heavy (non-hydrogen) atoms. The van der Waals surface area contributed by atoms with E-state index >= 15 is 0 Å². The van der Waals surface area contributed by atoms with Crippen molar-refractivity contribution in [3.63, 3.8) is 0 Å². The van der Waals surface area contributed by atoms with Gasteiger partial charge in [0.15, 0.2) is 0 Å². The van der Waals surface area contributed by atoms with Gasteiger partial charge in [-0.2, -0.15) is 0 Å². The van der Waals surface area contributed by atoms with Crippen molar-refractivity contribution in [3.05, 3.63) is 23.8 Å². The predicted octanol–water partition coefficient (Wildman–Crippen LogP) is 1.70. The second-order valence-electron chi connectivity index (χ2n) is 2.50. The van der Waals surface area contributed by atoms with Crippen LogP contribution in [0.5, 0.6) is 5.75 Å². The Bertz CT molecular complexity index is 260. The number of aromatic hydroxyl groups is 1. The molecule has 0 aliphatic heterocycles. The molecule has 60 valence electrons. The van der Waals surface area contributed by atoms with Gasteiger partial charge < -0.3 is 10.8 Å². The van der Waals surface area contributed by atoms with Gasteiger partial charge in [-0.3, -0.25) is 0 Å². The van der Waals surface area contributed by atoms with Gasteiger partial charge in [0, 0.05) is 16.5 Å². The lowest BCUT2D eigenvalue weighted by Crippen LogP contribution is -2.04. The lowest BCUT2D eigenvalue weighted by atomic mass is 10.1. The van der Waals surface area contributed by atoms with Crippen molar-refractivity contribution in [3.8, 4) is 5.75 Å². The van der Waals surface area contributed by atoms with Crippen molar-refractivity contribution in [2.75, 3.05) is 0 Å². The summed E-state index contributed by atoms with van der Waals surface area (Å²) in [6.07, 6.45) is 0. The van der Waals surface area contributed by atoms with Crippen molar-refractivity contribution in [1.29, 1.82) is 0 Å². The zero-order chi connectivity index (χ0) is 8.43. The first kappa shape index (κ1) is 8.43. The van der Waals surface area contributed by atoms with Crippen LogP contribution in [0.1, 0.15) is 18.5 Å². The van der Waals surface area contributed by atoms with Gasteiger partial charge in [-0.05, 0) is 13.0 Å². The molecule has 3 N–H and O–H groups in total. The largest absolute Gasteiger partial charge is 0.506 e. The number of benzene rings is 1. The molecule has 1 unspecified atom stereocenters. The zero-order valence-corrected chi connectivity index (χ0v) is 7.18. The third kappa shape index (κ3) is 1.67. The van der Waals surface area contributed by atoms with Crippen LogP contribution in [-0.4, -0.2) is 5.11 Å². The van der Waals surface area contributed by atoms with Crippen LogP contribution in [0.4, 0.5) is 0 Å². The molecule has 0 amide bonds. The van der Waals surface area contributed by atoms with Crippen molar-refractivity contribution in [2.45, 2.75) is 17.9 Å². The van der Waals surface area contributed by atoms with Crippen molar-refractivity contribution < 1.29 is 5.11 Å². The number of hydrogen-bond acceptors (Lipinski definition) is 3. The number of thiol groups is 1. The lowest BCUT2D eigenvalue weighted by molar-refractivity contribution is 0.451. The number of phenolic OH excluding ortho intramolecular Hbond substituents is 1. The first-order chi connectivity index (χ1) is 5.13. The number of para-hydroxylation sites is 1. The summed E-state index contributed by atoms with van der Waals surface area (Å²) < 4.78 is 0. The summed E-state index contributed by atoms with van der Waals surface area (Å²) in [5.41, 5.74) is 6.32. The molecule has 0 fully saturated rings. The second kappa shape index (κ2) is 3.15. The Morgan fingerprint density at radius 2 is 2.18 bits per heavy atom. The monoisotopic (exact) mass is 169 g/mol. The van der Waals surface area contributed by atoms with Crippen LogP contribution in [0.15, 0.2) is 23.1 Å². The number of nitrogens with two attached hydrogens (primary N) is 1. The third-order valence-electron chi connectivity index (χ3n) is 1.54. The maximum Gasteiger partial charge on any atom is 0.133 e. The fourth-order valence-corrected chi connectivity index (χ4v) is 1.13. The fraction of sp³-hybridized carbons (Fsp3) is 0.250. The average molecular weight is 169 g/mol. The lowest BCUT2D eigenvalue weighted by Gasteiger charge is -2.08. The standard InChI is InChI=1S/C8H11NOS/c1-5(9)6-3-2-4-7(11)8(6)10/h2-5,10-11H,9H2,1H3. The SMILES string of the molecule is CC(N)c1cccc(S)c1O. The Morgan fingerprint density at radius 1 is 1.55 bits per heavy atom. The molecule has 0 saturated heterocycles. The Kier molecular flexibility index (Phi) is 2.42. The van der Waals surface area contributed by atoms with Crippen LogP contribution in [0.2, 0.25) is 0 Å². The number of rotatable bonds is 1. The molecule has 0 aliphatic rings. The van der Waals surface area contributed by atoms with Gasteiger partial charge in [-0.25, -0.2) is 0 Å². The van der Waals surface area contributed by atoms with Crippen LogP contribution >= 0.6 is 12.6 Å². The molecule has 0 radical (unpaired) electrons. The summed E-state index contributed by atoms with van der Waals surface area (Å²) in [5, 5.41) is 9.41. The minimum absolute atomic E-state index is 0.151. The second-order valence-corrected chi connectivity index (χ2v) is 2.99. The zero-order valence-electron chi connectivity index (χ0n) is 6.28. The van der Waals surface area contributed by atoms with Crippen molar-refractivity contribution in [2.24, 2.45) is 5.73 Å². The molecule has 0 aromatic heterocycles. The maximum atomic E-state index is 9.41. The molecular formula is C8H11NOS.